The molecule has 5 nitrogen and oxygen atoms in total. The number of aromatic nitrogens is 1. The van der Waals surface area contributed by atoms with Crippen molar-refractivity contribution in [2.45, 2.75) is 25.3 Å². The van der Waals surface area contributed by atoms with Gasteiger partial charge in [-0.2, -0.15) is 0 Å². The van der Waals surface area contributed by atoms with Crippen molar-refractivity contribution in [3.8, 4) is 10.6 Å². The Morgan fingerprint density at radius 2 is 2.25 bits per heavy atom. The van der Waals surface area contributed by atoms with Gasteiger partial charge in [-0.3, -0.25) is 4.79 Å². The van der Waals surface area contributed by atoms with Crippen LogP contribution in [0.1, 0.15) is 19.0 Å². The van der Waals surface area contributed by atoms with Gasteiger partial charge in [0.25, 0.3) is 0 Å². The Balaban J connectivity index is 1.66. The lowest BCUT2D eigenvalue weighted by atomic mass is 10.0. The van der Waals surface area contributed by atoms with Gasteiger partial charge in [0.05, 0.1) is 29.2 Å². The minimum Gasteiger partial charge on any atom is -0.350 e. The molecule has 128 valence electrons. The molecule has 1 atom stereocenters. The van der Waals surface area contributed by atoms with Crippen LogP contribution >= 0.6 is 27.3 Å². The van der Waals surface area contributed by atoms with Crippen molar-refractivity contribution in [2.75, 3.05) is 11.5 Å². The third-order valence-corrected chi connectivity index (χ3v) is 7.25. The van der Waals surface area contributed by atoms with Crippen LogP contribution in [0.2, 0.25) is 0 Å². The monoisotopic (exact) mass is 428 g/mol. The number of nitrogens with one attached hydrogen (secondary N) is 1. The number of hydrogen-bond acceptors (Lipinski definition) is 5. The van der Waals surface area contributed by atoms with E-state index in [4.69, 9.17) is 0 Å². The van der Waals surface area contributed by atoms with E-state index >= 15 is 0 Å². The summed E-state index contributed by atoms with van der Waals surface area (Å²) < 4.78 is 24.2. The molecule has 3 rings (SSSR count). The SMILES string of the molecule is CC1(NC(=O)Cc2csc(-c3cccc(Br)c3)n2)CCS(=O)(=O)C1. The summed E-state index contributed by atoms with van der Waals surface area (Å²) in [5.41, 5.74) is 1.02. The van der Waals surface area contributed by atoms with Crippen molar-refractivity contribution in [1.82, 2.24) is 10.3 Å². The summed E-state index contributed by atoms with van der Waals surface area (Å²) in [5.74, 6) is -0.0553. The first kappa shape index (κ1) is 17.6. The largest absolute Gasteiger partial charge is 0.350 e. The number of halogens is 1. The van der Waals surface area contributed by atoms with E-state index in [9.17, 15) is 13.2 Å². The number of carbonyl (C=O) groups excluding carboxylic acids is 1. The fraction of sp³-hybridized carbons (Fsp3) is 0.375. The first-order valence-electron chi connectivity index (χ1n) is 7.47. The average Bonchev–Trinajstić information content (AvgIpc) is 3.03. The standard InChI is InChI=1S/C16H17BrN2O3S2/c1-16(5-6-24(21,22)10-16)19-14(20)8-13-9-23-15(18-13)11-3-2-4-12(17)7-11/h2-4,7,9H,5-6,8,10H2,1H3,(H,19,20). The van der Waals surface area contributed by atoms with Crippen LogP contribution in [0, 0.1) is 0 Å². The van der Waals surface area contributed by atoms with Crippen LogP contribution in [0.5, 0.6) is 0 Å². The van der Waals surface area contributed by atoms with E-state index in [1.54, 1.807) is 6.92 Å². The Bertz CT molecular complexity index is 879. The lowest BCUT2D eigenvalue weighted by Crippen LogP contribution is -2.47. The van der Waals surface area contributed by atoms with Gasteiger partial charge < -0.3 is 5.32 Å². The first-order chi connectivity index (χ1) is 11.2. The van der Waals surface area contributed by atoms with Gasteiger partial charge in [0.2, 0.25) is 5.91 Å². The zero-order chi connectivity index (χ0) is 17.4. The summed E-state index contributed by atoms with van der Waals surface area (Å²) in [7, 11) is -3.04. The lowest BCUT2D eigenvalue weighted by molar-refractivity contribution is -0.121. The van der Waals surface area contributed by atoms with E-state index in [2.05, 4.69) is 26.2 Å². The molecule has 1 amide bonds. The van der Waals surface area contributed by atoms with Crippen LogP contribution in [0.25, 0.3) is 10.6 Å². The van der Waals surface area contributed by atoms with E-state index in [1.807, 2.05) is 29.6 Å². The van der Waals surface area contributed by atoms with Gasteiger partial charge in [-0.15, -0.1) is 11.3 Å². The summed E-state index contributed by atoms with van der Waals surface area (Å²) in [5, 5.41) is 5.58. The molecule has 1 aromatic carbocycles. The summed E-state index contributed by atoms with van der Waals surface area (Å²) in [6.07, 6.45) is 0.613. The summed E-state index contributed by atoms with van der Waals surface area (Å²) >= 11 is 4.92. The third kappa shape index (κ3) is 4.23. The number of carbonyl (C=O) groups is 1. The number of amides is 1. The maximum atomic E-state index is 12.2. The summed E-state index contributed by atoms with van der Waals surface area (Å²) in [4.78, 5) is 16.7. The third-order valence-electron chi connectivity index (χ3n) is 3.91. The van der Waals surface area contributed by atoms with Gasteiger partial charge in [0, 0.05) is 15.4 Å². The van der Waals surface area contributed by atoms with E-state index in [0.29, 0.717) is 12.1 Å². The van der Waals surface area contributed by atoms with Gasteiger partial charge in [0.15, 0.2) is 9.84 Å². The number of thiazole rings is 1. The molecule has 0 spiro atoms. The Kier molecular flexibility index (Phi) is 4.81. The molecule has 2 heterocycles. The van der Waals surface area contributed by atoms with E-state index in [-0.39, 0.29) is 23.8 Å². The van der Waals surface area contributed by atoms with Crippen molar-refractivity contribution in [3.63, 3.8) is 0 Å². The predicted octanol–water partition coefficient (Wildman–Crippen LogP) is 2.81. The van der Waals surface area contributed by atoms with Gasteiger partial charge in [0.1, 0.15) is 5.01 Å². The number of sulfone groups is 1. The van der Waals surface area contributed by atoms with Crippen LogP contribution in [0.4, 0.5) is 0 Å². The van der Waals surface area contributed by atoms with Crippen molar-refractivity contribution in [3.05, 3.63) is 39.8 Å². The highest BCUT2D eigenvalue weighted by Gasteiger charge is 2.39. The minimum absolute atomic E-state index is 0.00605. The molecule has 1 saturated heterocycles. The predicted molar refractivity (Wildman–Crippen MR) is 98.8 cm³/mol. The molecule has 1 aliphatic heterocycles. The molecule has 0 radical (unpaired) electrons. The van der Waals surface area contributed by atoms with Crippen LogP contribution in [0.3, 0.4) is 0 Å². The minimum atomic E-state index is -3.04. The smallest absolute Gasteiger partial charge is 0.226 e. The molecule has 1 aliphatic rings. The van der Waals surface area contributed by atoms with Crippen LogP contribution in [0.15, 0.2) is 34.1 Å². The second kappa shape index (κ2) is 6.57. The first-order valence-corrected chi connectivity index (χ1v) is 11.0. The van der Waals surface area contributed by atoms with Gasteiger partial charge >= 0.3 is 0 Å². The average molecular weight is 429 g/mol. The van der Waals surface area contributed by atoms with Crippen LogP contribution < -0.4 is 5.32 Å². The summed E-state index contributed by atoms with van der Waals surface area (Å²) in [6, 6.07) is 7.83. The molecule has 0 bridgehead atoms. The molecular weight excluding hydrogens is 412 g/mol. The Morgan fingerprint density at radius 3 is 2.92 bits per heavy atom. The zero-order valence-electron chi connectivity index (χ0n) is 13.1. The second-order valence-corrected chi connectivity index (χ2v) is 10.2. The molecule has 0 aliphatic carbocycles. The van der Waals surface area contributed by atoms with Crippen molar-refractivity contribution < 1.29 is 13.2 Å². The normalized spacial score (nSPS) is 22.4. The Labute approximate surface area is 153 Å². The zero-order valence-corrected chi connectivity index (χ0v) is 16.3. The molecule has 2 aromatic rings. The summed E-state index contributed by atoms with van der Waals surface area (Å²) in [6.45, 7) is 1.78. The molecule has 1 fully saturated rings. The highest BCUT2D eigenvalue weighted by molar-refractivity contribution is 9.10. The Morgan fingerprint density at radius 1 is 1.46 bits per heavy atom. The number of benzene rings is 1. The maximum absolute atomic E-state index is 12.2. The van der Waals surface area contributed by atoms with Gasteiger partial charge in [-0.25, -0.2) is 13.4 Å². The molecule has 24 heavy (non-hydrogen) atoms. The number of rotatable bonds is 4. The Hall–Kier alpha value is -1.25. The highest BCUT2D eigenvalue weighted by atomic mass is 79.9. The van der Waals surface area contributed by atoms with Crippen LogP contribution in [-0.4, -0.2) is 36.4 Å². The van der Waals surface area contributed by atoms with Gasteiger partial charge in [-0.1, -0.05) is 28.1 Å². The van der Waals surface area contributed by atoms with E-state index < -0.39 is 15.4 Å². The van der Waals surface area contributed by atoms with Crippen molar-refractivity contribution in [2.24, 2.45) is 0 Å². The van der Waals surface area contributed by atoms with E-state index in [1.165, 1.54) is 11.3 Å². The van der Waals surface area contributed by atoms with Gasteiger partial charge in [-0.05, 0) is 25.5 Å². The lowest BCUT2D eigenvalue weighted by Gasteiger charge is -2.23. The molecule has 1 N–H and O–H groups in total. The highest BCUT2D eigenvalue weighted by Crippen LogP contribution is 2.27. The number of nitrogens with zero attached hydrogens (tertiary/aromatic N) is 1. The van der Waals surface area contributed by atoms with Crippen LogP contribution in [-0.2, 0) is 21.1 Å². The molecule has 1 aromatic heterocycles. The molecule has 1 unspecified atom stereocenters. The molecular formula is C16H17BrN2O3S2. The fourth-order valence-electron chi connectivity index (χ4n) is 2.80. The molecule has 8 heteroatoms. The number of hydrogen-bond donors (Lipinski definition) is 1. The van der Waals surface area contributed by atoms with Crippen molar-refractivity contribution >= 4 is 43.0 Å². The second-order valence-electron chi connectivity index (χ2n) is 6.28. The van der Waals surface area contributed by atoms with Crippen molar-refractivity contribution in [1.29, 1.82) is 0 Å². The quantitative estimate of drug-likeness (QED) is 0.811. The molecule has 0 saturated carbocycles. The van der Waals surface area contributed by atoms with E-state index in [0.717, 1.165) is 15.0 Å². The fourth-order valence-corrected chi connectivity index (χ4v) is 6.11. The topological polar surface area (TPSA) is 76.1 Å². The maximum Gasteiger partial charge on any atom is 0.226 e.